The van der Waals surface area contributed by atoms with E-state index >= 15 is 0 Å². The average Bonchev–Trinajstić information content (AvgIpc) is 2.45. The van der Waals surface area contributed by atoms with Crippen LogP contribution in [0.1, 0.15) is 5.56 Å². The van der Waals surface area contributed by atoms with Gasteiger partial charge in [-0.2, -0.15) is 0 Å². The second kappa shape index (κ2) is 3.18. The molecule has 0 radical (unpaired) electrons. The summed E-state index contributed by atoms with van der Waals surface area (Å²) in [5.41, 5.74) is 1.62. The topological polar surface area (TPSA) is 25.0 Å². The number of aryl methyl sites for hydroxylation is 1. The zero-order valence-electron chi connectivity index (χ0n) is 7.85. The van der Waals surface area contributed by atoms with E-state index in [1.54, 1.807) is 12.3 Å². The Hall–Kier alpha value is -1.65. The first kappa shape index (κ1) is 9.89. The molecule has 0 spiro atoms. The number of H-pyrrole nitrogens is 1. The van der Waals surface area contributed by atoms with Gasteiger partial charge in [0, 0.05) is 23.2 Å². The van der Waals surface area contributed by atoms with Crippen LogP contribution < -0.4 is 4.74 Å². The molecule has 15 heavy (non-hydrogen) atoms. The predicted molar refractivity (Wildman–Crippen MR) is 49.7 cm³/mol. The standard InChI is InChI=1S/C10H8F3NO/c1-6-5-14-9-4-7(2-3-8(6)9)15-10(11,12)13/h2-5,14H,1H3. The van der Waals surface area contributed by atoms with Crippen LogP contribution in [0.25, 0.3) is 10.9 Å². The van der Waals surface area contributed by atoms with Crippen molar-refractivity contribution in [1.29, 1.82) is 0 Å². The molecule has 0 bridgehead atoms. The molecule has 1 aromatic heterocycles. The number of fused-ring (bicyclic) bond motifs is 1. The van der Waals surface area contributed by atoms with Gasteiger partial charge < -0.3 is 9.72 Å². The summed E-state index contributed by atoms with van der Waals surface area (Å²) in [7, 11) is 0. The zero-order valence-corrected chi connectivity index (χ0v) is 7.85. The van der Waals surface area contributed by atoms with Gasteiger partial charge in [-0.3, -0.25) is 0 Å². The molecule has 1 N–H and O–H groups in total. The Kier molecular flexibility index (Phi) is 2.10. The third-order valence-electron chi connectivity index (χ3n) is 2.09. The van der Waals surface area contributed by atoms with Crippen LogP contribution in [-0.4, -0.2) is 11.3 Å². The van der Waals surface area contributed by atoms with Gasteiger partial charge in [0.1, 0.15) is 5.75 Å². The Balaban J connectivity index is 2.39. The maximum Gasteiger partial charge on any atom is 0.573 e. The molecule has 0 amide bonds. The number of alkyl halides is 3. The van der Waals surface area contributed by atoms with E-state index in [2.05, 4.69) is 9.72 Å². The van der Waals surface area contributed by atoms with Crippen LogP contribution in [0.15, 0.2) is 24.4 Å². The zero-order chi connectivity index (χ0) is 11.1. The third kappa shape index (κ3) is 2.06. The Morgan fingerprint density at radius 3 is 2.67 bits per heavy atom. The third-order valence-corrected chi connectivity index (χ3v) is 2.09. The molecule has 1 aromatic carbocycles. The van der Waals surface area contributed by atoms with Crippen LogP contribution in [0.2, 0.25) is 0 Å². The van der Waals surface area contributed by atoms with Gasteiger partial charge in [0.2, 0.25) is 0 Å². The summed E-state index contributed by atoms with van der Waals surface area (Å²) in [6.07, 6.45) is -2.91. The monoisotopic (exact) mass is 215 g/mol. The molecule has 0 fully saturated rings. The highest BCUT2D eigenvalue weighted by molar-refractivity contribution is 5.84. The Morgan fingerprint density at radius 1 is 1.27 bits per heavy atom. The van der Waals surface area contributed by atoms with E-state index in [9.17, 15) is 13.2 Å². The van der Waals surface area contributed by atoms with Crippen molar-refractivity contribution in [3.63, 3.8) is 0 Å². The number of hydrogen-bond acceptors (Lipinski definition) is 1. The molecule has 0 aliphatic rings. The molecular weight excluding hydrogens is 207 g/mol. The average molecular weight is 215 g/mol. The molecule has 80 valence electrons. The molecule has 0 unspecified atom stereocenters. The van der Waals surface area contributed by atoms with Crippen molar-refractivity contribution in [2.45, 2.75) is 13.3 Å². The van der Waals surface area contributed by atoms with Gasteiger partial charge in [0.25, 0.3) is 0 Å². The number of halogens is 3. The minimum atomic E-state index is -4.64. The van der Waals surface area contributed by atoms with Crippen LogP contribution in [0.4, 0.5) is 13.2 Å². The summed E-state index contributed by atoms with van der Waals surface area (Å²) in [6.45, 7) is 1.88. The number of benzene rings is 1. The SMILES string of the molecule is Cc1c[nH]c2cc(OC(F)(F)F)ccc12. The fourth-order valence-electron chi connectivity index (χ4n) is 1.45. The lowest BCUT2D eigenvalue weighted by Crippen LogP contribution is -2.16. The van der Waals surface area contributed by atoms with Crippen LogP contribution >= 0.6 is 0 Å². The summed E-state index contributed by atoms with van der Waals surface area (Å²) in [6, 6.07) is 4.23. The Labute approximate surface area is 83.7 Å². The van der Waals surface area contributed by atoms with Crippen LogP contribution in [0, 0.1) is 6.92 Å². The van der Waals surface area contributed by atoms with Gasteiger partial charge in [-0.05, 0) is 24.6 Å². The van der Waals surface area contributed by atoms with Gasteiger partial charge in [0.05, 0.1) is 0 Å². The molecule has 0 saturated carbocycles. The fourth-order valence-corrected chi connectivity index (χ4v) is 1.45. The van der Waals surface area contributed by atoms with Gasteiger partial charge in [-0.1, -0.05) is 0 Å². The van der Waals surface area contributed by atoms with Crippen molar-refractivity contribution >= 4 is 10.9 Å². The normalized spacial score (nSPS) is 12.0. The maximum absolute atomic E-state index is 11.9. The number of hydrogen-bond donors (Lipinski definition) is 1. The summed E-state index contributed by atoms with van der Waals surface area (Å²) in [5, 5.41) is 0.893. The lowest BCUT2D eigenvalue weighted by molar-refractivity contribution is -0.274. The highest BCUT2D eigenvalue weighted by atomic mass is 19.4. The first-order valence-corrected chi connectivity index (χ1v) is 4.29. The molecule has 0 aliphatic heterocycles. The molecule has 2 rings (SSSR count). The molecule has 5 heteroatoms. The van der Waals surface area contributed by atoms with Gasteiger partial charge in [-0.25, -0.2) is 0 Å². The number of nitrogens with one attached hydrogen (secondary N) is 1. The molecule has 0 atom stereocenters. The first-order chi connectivity index (χ1) is 6.96. The molecule has 2 nitrogen and oxygen atoms in total. The Bertz CT molecular complexity index is 487. The Morgan fingerprint density at radius 2 is 2.00 bits per heavy atom. The minimum absolute atomic E-state index is 0.211. The van der Waals surface area contributed by atoms with E-state index in [0.717, 1.165) is 10.9 Å². The van der Waals surface area contributed by atoms with E-state index in [4.69, 9.17) is 0 Å². The number of aromatic amines is 1. The second-order valence-corrected chi connectivity index (χ2v) is 3.23. The highest BCUT2D eigenvalue weighted by Gasteiger charge is 2.31. The molecule has 1 heterocycles. The molecule has 0 saturated heterocycles. The van der Waals surface area contributed by atoms with Crippen molar-refractivity contribution in [2.75, 3.05) is 0 Å². The summed E-state index contributed by atoms with van der Waals surface area (Å²) < 4.78 is 39.5. The van der Waals surface area contributed by atoms with Crippen molar-refractivity contribution in [3.05, 3.63) is 30.0 Å². The summed E-state index contributed by atoms with van der Waals surface area (Å²) in [4.78, 5) is 2.87. The minimum Gasteiger partial charge on any atom is -0.406 e. The molecule has 0 aliphatic carbocycles. The van der Waals surface area contributed by atoms with Crippen molar-refractivity contribution in [3.8, 4) is 5.75 Å². The smallest absolute Gasteiger partial charge is 0.406 e. The molecule has 2 aromatic rings. The fraction of sp³-hybridized carbons (Fsp3) is 0.200. The van der Waals surface area contributed by atoms with E-state index in [-0.39, 0.29) is 5.75 Å². The van der Waals surface area contributed by atoms with E-state index in [1.807, 2.05) is 6.92 Å². The van der Waals surface area contributed by atoms with Crippen molar-refractivity contribution < 1.29 is 17.9 Å². The largest absolute Gasteiger partial charge is 0.573 e. The van der Waals surface area contributed by atoms with Gasteiger partial charge in [-0.15, -0.1) is 13.2 Å². The summed E-state index contributed by atoms with van der Waals surface area (Å²) >= 11 is 0. The lowest BCUT2D eigenvalue weighted by atomic mass is 10.2. The predicted octanol–water partition coefficient (Wildman–Crippen LogP) is 3.37. The van der Waals surface area contributed by atoms with E-state index < -0.39 is 6.36 Å². The highest BCUT2D eigenvalue weighted by Crippen LogP contribution is 2.27. The van der Waals surface area contributed by atoms with Crippen LogP contribution in [-0.2, 0) is 0 Å². The van der Waals surface area contributed by atoms with E-state index in [0.29, 0.717) is 5.52 Å². The van der Waals surface area contributed by atoms with Crippen LogP contribution in [0.3, 0.4) is 0 Å². The second-order valence-electron chi connectivity index (χ2n) is 3.23. The quantitative estimate of drug-likeness (QED) is 0.775. The van der Waals surface area contributed by atoms with E-state index in [1.165, 1.54) is 12.1 Å². The number of ether oxygens (including phenoxy) is 1. The number of aromatic nitrogens is 1. The number of rotatable bonds is 1. The lowest BCUT2D eigenvalue weighted by Gasteiger charge is -2.08. The van der Waals surface area contributed by atoms with Gasteiger partial charge in [0.15, 0.2) is 0 Å². The summed E-state index contributed by atoms with van der Waals surface area (Å²) in [5.74, 6) is -0.211. The van der Waals surface area contributed by atoms with Crippen molar-refractivity contribution in [2.24, 2.45) is 0 Å². The van der Waals surface area contributed by atoms with Crippen LogP contribution in [0.5, 0.6) is 5.75 Å². The first-order valence-electron chi connectivity index (χ1n) is 4.29. The van der Waals surface area contributed by atoms with Crippen molar-refractivity contribution in [1.82, 2.24) is 4.98 Å². The maximum atomic E-state index is 11.9. The molecular formula is C10H8F3NO. The van der Waals surface area contributed by atoms with Gasteiger partial charge >= 0.3 is 6.36 Å².